The number of ether oxygens (including phenoxy) is 1. The quantitative estimate of drug-likeness (QED) is 0.718. The number of carbonyl (C=O) groups is 1. The van der Waals surface area contributed by atoms with E-state index in [1.54, 1.807) is 24.3 Å². The van der Waals surface area contributed by atoms with Crippen molar-refractivity contribution in [2.24, 2.45) is 0 Å². The van der Waals surface area contributed by atoms with Crippen molar-refractivity contribution >= 4 is 17.2 Å². The number of aliphatic hydroxyl groups excluding tert-OH is 1. The Hall–Kier alpha value is -2.64. The van der Waals surface area contributed by atoms with Crippen LogP contribution in [0.5, 0.6) is 5.75 Å². The van der Waals surface area contributed by atoms with E-state index in [1.165, 1.54) is 24.7 Å². The largest absolute Gasteiger partial charge is 0.497 e. The molecule has 1 unspecified atom stereocenters. The van der Waals surface area contributed by atoms with E-state index in [0.717, 1.165) is 4.88 Å². The Balaban J connectivity index is 1.60. The molecule has 0 saturated carbocycles. The second-order valence-corrected chi connectivity index (χ2v) is 5.97. The molecule has 6 nitrogen and oxygen atoms in total. The van der Waals surface area contributed by atoms with Crippen molar-refractivity contribution in [2.75, 3.05) is 7.11 Å². The highest BCUT2D eigenvalue weighted by Gasteiger charge is 2.18. The number of nitrogens with zero attached hydrogens (tertiary/aromatic N) is 1. The average Bonchev–Trinajstić information content (AvgIpc) is 3.30. The van der Waals surface area contributed by atoms with Crippen LogP contribution in [0.25, 0.3) is 10.8 Å². The minimum absolute atomic E-state index is 0.175. The number of benzene rings is 1. The molecule has 0 fully saturated rings. The van der Waals surface area contributed by atoms with Crippen molar-refractivity contribution in [3.8, 4) is 16.5 Å². The van der Waals surface area contributed by atoms with Gasteiger partial charge in [0.2, 0.25) is 5.89 Å². The molecule has 0 radical (unpaired) electrons. The monoisotopic (exact) mass is 344 g/mol. The van der Waals surface area contributed by atoms with Crippen molar-refractivity contribution < 1.29 is 19.1 Å². The predicted molar refractivity (Wildman–Crippen MR) is 89.6 cm³/mol. The molecule has 124 valence electrons. The zero-order valence-electron chi connectivity index (χ0n) is 12.9. The summed E-state index contributed by atoms with van der Waals surface area (Å²) >= 11 is 1.52. The lowest BCUT2D eigenvalue weighted by Gasteiger charge is -2.11. The van der Waals surface area contributed by atoms with Gasteiger partial charge >= 0.3 is 0 Å². The summed E-state index contributed by atoms with van der Waals surface area (Å²) in [5.41, 5.74) is 1.05. The number of aliphatic hydroxyl groups is 1. The van der Waals surface area contributed by atoms with Crippen LogP contribution in [0.2, 0.25) is 0 Å². The molecule has 7 heteroatoms. The molecule has 0 aliphatic rings. The van der Waals surface area contributed by atoms with Crippen LogP contribution < -0.4 is 10.1 Å². The molecule has 0 bridgehead atoms. The van der Waals surface area contributed by atoms with Crippen molar-refractivity contribution in [1.29, 1.82) is 0 Å². The fourth-order valence-electron chi connectivity index (χ4n) is 2.14. The normalized spacial score (nSPS) is 11.9. The van der Waals surface area contributed by atoms with Crippen molar-refractivity contribution in [2.45, 2.75) is 12.6 Å². The Morgan fingerprint density at radius 3 is 3.04 bits per heavy atom. The summed E-state index contributed by atoms with van der Waals surface area (Å²) in [5, 5.41) is 14.7. The number of amides is 1. The maximum Gasteiger partial charge on any atom is 0.253 e. The molecule has 2 aromatic heterocycles. The van der Waals surface area contributed by atoms with Gasteiger partial charge in [-0.2, -0.15) is 0 Å². The summed E-state index contributed by atoms with van der Waals surface area (Å²) in [4.78, 5) is 17.3. The Morgan fingerprint density at radius 2 is 2.29 bits per heavy atom. The SMILES string of the molecule is COc1cccc(C(O)C(=O)NCc2coc(-c3cccs3)n2)c1. The molecular formula is C17H16N2O4S. The smallest absolute Gasteiger partial charge is 0.253 e. The van der Waals surface area contributed by atoms with Gasteiger partial charge in [-0.1, -0.05) is 18.2 Å². The first-order valence-electron chi connectivity index (χ1n) is 7.25. The zero-order chi connectivity index (χ0) is 16.9. The standard InChI is InChI=1S/C17H16N2O4S/c1-22-13-5-2-4-11(8-13)15(20)16(21)18-9-12-10-23-17(19-12)14-6-3-7-24-14/h2-8,10,15,20H,9H2,1H3,(H,18,21). The van der Waals surface area contributed by atoms with E-state index in [2.05, 4.69) is 10.3 Å². The van der Waals surface area contributed by atoms with Gasteiger partial charge in [0, 0.05) is 0 Å². The molecule has 0 spiro atoms. The van der Waals surface area contributed by atoms with Gasteiger partial charge in [0.1, 0.15) is 12.0 Å². The number of carbonyl (C=O) groups excluding carboxylic acids is 1. The minimum Gasteiger partial charge on any atom is -0.497 e. The number of thiophene rings is 1. The fraction of sp³-hybridized carbons (Fsp3) is 0.176. The molecule has 1 atom stereocenters. The van der Waals surface area contributed by atoms with Crippen LogP contribution in [-0.4, -0.2) is 23.1 Å². The number of nitrogens with one attached hydrogen (secondary N) is 1. The van der Waals surface area contributed by atoms with Crippen LogP contribution in [0, 0.1) is 0 Å². The highest BCUT2D eigenvalue weighted by atomic mass is 32.1. The summed E-state index contributed by atoms with van der Waals surface area (Å²) in [6, 6.07) is 10.6. The van der Waals surface area contributed by atoms with Crippen LogP contribution in [0.3, 0.4) is 0 Å². The van der Waals surface area contributed by atoms with E-state index in [9.17, 15) is 9.90 Å². The first kappa shape index (κ1) is 16.2. The lowest BCUT2D eigenvalue weighted by Crippen LogP contribution is -2.28. The van der Waals surface area contributed by atoms with Crippen molar-refractivity contribution in [3.63, 3.8) is 0 Å². The number of oxazole rings is 1. The van der Waals surface area contributed by atoms with Crippen LogP contribution >= 0.6 is 11.3 Å². The zero-order valence-corrected chi connectivity index (χ0v) is 13.7. The molecule has 1 aromatic carbocycles. The molecule has 2 N–H and O–H groups in total. The molecule has 0 saturated heterocycles. The third-order valence-electron chi connectivity index (χ3n) is 3.39. The Morgan fingerprint density at radius 1 is 1.42 bits per heavy atom. The third-order valence-corrected chi connectivity index (χ3v) is 4.24. The first-order chi connectivity index (χ1) is 11.7. The van der Waals surface area contributed by atoms with Gasteiger partial charge in [0.25, 0.3) is 5.91 Å². The molecule has 0 aliphatic heterocycles. The van der Waals surface area contributed by atoms with Crippen molar-refractivity contribution in [3.05, 3.63) is 59.3 Å². The number of aromatic nitrogens is 1. The summed E-state index contributed by atoms with van der Waals surface area (Å²) < 4.78 is 10.5. The number of methoxy groups -OCH3 is 1. The maximum absolute atomic E-state index is 12.1. The molecule has 1 amide bonds. The summed E-state index contributed by atoms with van der Waals surface area (Å²) in [5.74, 6) is 0.586. The molecule has 24 heavy (non-hydrogen) atoms. The van der Waals surface area contributed by atoms with E-state index in [4.69, 9.17) is 9.15 Å². The summed E-state index contributed by atoms with van der Waals surface area (Å²) in [6.45, 7) is 0.175. The molecular weight excluding hydrogens is 328 g/mol. The van der Waals surface area contributed by atoms with Crippen LogP contribution in [0.4, 0.5) is 0 Å². The van der Waals surface area contributed by atoms with Crippen LogP contribution in [0.15, 0.2) is 52.5 Å². The van der Waals surface area contributed by atoms with E-state index in [1.807, 2.05) is 17.5 Å². The lowest BCUT2D eigenvalue weighted by molar-refractivity contribution is -0.129. The third kappa shape index (κ3) is 3.64. The van der Waals surface area contributed by atoms with Crippen LogP contribution in [0.1, 0.15) is 17.4 Å². The number of rotatable bonds is 6. The fourth-order valence-corrected chi connectivity index (χ4v) is 2.79. The number of hydrogen-bond acceptors (Lipinski definition) is 6. The Bertz CT molecular complexity index is 814. The van der Waals surface area contributed by atoms with Crippen LogP contribution in [-0.2, 0) is 11.3 Å². The van der Waals surface area contributed by atoms with Gasteiger partial charge in [0.15, 0.2) is 6.10 Å². The van der Waals surface area contributed by atoms with Gasteiger partial charge in [-0.3, -0.25) is 4.79 Å². The second kappa shape index (κ2) is 7.29. The van der Waals surface area contributed by atoms with Gasteiger partial charge in [-0.25, -0.2) is 4.98 Å². The lowest BCUT2D eigenvalue weighted by atomic mass is 10.1. The second-order valence-electron chi connectivity index (χ2n) is 5.02. The first-order valence-corrected chi connectivity index (χ1v) is 8.13. The topological polar surface area (TPSA) is 84.6 Å². The average molecular weight is 344 g/mol. The molecule has 3 aromatic rings. The van der Waals surface area contributed by atoms with Gasteiger partial charge < -0.3 is 19.6 Å². The minimum atomic E-state index is -1.27. The number of hydrogen-bond donors (Lipinski definition) is 2. The Labute approximate surface area is 142 Å². The predicted octanol–water partition coefficient (Wildman–Crippen LogP) is 2.76. The highest BCUT2D eigenvalue weighted by Crippen LogP contribution is 2.24. The van der Waals surface area contributed by atoms with Gasteiger partial charge in [-0.15, -0.1) is 11.3 Å². The van der Waals surface area contributed by atoms with E-state index in [0.29, 0.717) is 22.9 Å². The van der Waals surface area contributed by atoms with E-state index < -0.39 is 12.0 Å². The molecule has 3 rings (SSSR count). The molecule has 0 aliphatic carbocycles. The van der Waals surface area contributed by atoms with E-state index >= 15 is 0 Å². The van der Waals surface area contributed by atoms with Gasteiger partial charge in [-0.05, 0) is 29.1 Å². The van der Waals surface area contributed by atoms with Crippen molar-refractivity contribution in [1.82, 2.24) is 10.3 Å². The van der Waals surface area contributed by atoms with Gasteiger partial charge in [0.05, 0.1) is 24.2 Å². The van der Waals surface area contributed by atoms with E-state index in [-0.39, 0.29) is 6.54 Å². The highest BCUT2D eigenvalue weighted by molar-refractivity contribution is 7.13. The molecule has 2 heterocycles. The summed E-state index contributed by atoms with van der Waals surface area (Å²) in [7, 11) is 1.53. The maximum atomic E-state index is 12.1. The Kier molecular flexibility index (Phi) is 4.93. The summed E-state index contributed by atoms with van der Waals surface area (Å²) in [6.07, 6.45) is 0.219.